The molecule has 1 saturated heterocycles. The number of aromatic nitrogens is 1. The van der Waals surface area contributed by atoms with Gasteiger partial charge in [-0.2, -0.15) is 0 Å². The van der Waals surface area contributed by atoms with Crippen LogP contribution < -0.4 is 0 Å². The lowest BCUT2D eigenvalue weighted by Crippen LogP contribution is -2.48. The Balaban J connectivity index is 1.43. The monoisotopic (exact) mass is 428 g/mol. The zero-order valence-corrected chi connectivity index (χ0v) is 18.9. The number of piperazine rings is 1. The minimum atomic E-state index is -0.358. The van der Waals surface area contributed by atoms with Crippen LogP contribution in [0, 0.1) is 0 Å². The molecule has 1 fully saturated rings. The maximum absolute atomic E-state index is 12.7. The molecule has 31 heavy (non-hydrogen) atoms. The Hall–Kier alpha value is -2.22. The molecule has 3 rings (SSSR count). The lowest BCUT2D eigenvalue weighted by atomic mass is 10.1. The second kappa shape index (κ2) is 12.0. The zero-order chi connectivity index (χ0) is 22.1. The van der Waals surface area contributed by atoms with Crippen molar-refractivity contribution >= 4 is 5.91 Å². The van der Waals surface area contributed by atoms with Gasteiger partial charge in [-0.15, -0.1) is 0 Å². The summed E-state index contributed by atoms with van der Waals surface area (Å²) in [5.74, 6) is 0.546. The van der Waals surface area contributed by atoms with Crippen molar-refractivity contribution in [1.29, 1.82) is 0 Å². The van der Waals surface area contributed by atoms with Gasteiger partial charge in [-0.05, 0) is 24.8 Å². The number of aliphatic hydroxyl groups is 1. The number of amides is 1. The van der Waals surface area contributed by atoms with Crippen LogP contribution in [-0.2, 0) is 13.0 Å². The van der Waals surface area contributed by atoms with Crippen molar-refractivity contribution in [3.8, 4) is 0 Å². The van der Waals surface area contributed by atoms with Crippen molar-refractivity contribution in [2.24, 2.45) is 0 Å². The number of benzene rings is 1. The molecule has 0 saturated carbocycles. The first-order valence-electron chi connectivity index (χ1n) is 11.5. The number of rotatable bonds is 11. The van der Waals surface area contributed by atoms with Gasteiger partial charge in [0.15, 0.2) is 5.69 Å². The molecular formula is C24H36N4O3. The highest BCUT2D eigenvalue weighted by atomic mass is 16.3. The molecule has 0 radical (unpaired) electrons. The average Bonchev–Trinajstić information content (AvgIpc) is 3.23. The number of nitrogens with zero attached hydrogens (tertiary/aromatic N) is 4. The highest BCUT2D eigenvalue weighted by molar-refractivity contribution is 5.92. The third kappa shape index (κ3) is 7.16. The lowest BCUT2D eigenvalue weighted by molar-refractivity contribution is 0.0675. The third-order valence-electron chi connectivity index (χ3n) is 5.65. The van der Waals surface area contributed by atoms with Crippen molar-refractivity contribution in [2.75, 3.05) is 45.8 Å². The smallest absolute Gasteiger partial charge is 0.275 e. The van der Waals surface area contributed by atoms with Crippen LogP contribution in [0.1, 0.15) is 48.6 Å². The molecule has 1 aliphatic rings. The SMILES string of the molecule is CCCN(CCC)C(=O)c1coc(CN2CCN(C[C@H](O)Cc3ccccc3)CC2)n1. The highest BCUT2D eigenvalue weighted by Gasteiger charge is 2.23. The predicted octanol–water partition coefficient (Wildman–Crippen LogP) is 2.66. The van der Waals surface area contributed by atoms with E-state index in [4.69, 9.17) is 4.42 Å². The molecule has 0 aliphatic carbocycles. The number of hydrogen-bond acceptors (Lipinski definition) is 6. The Bertz CT molecular complexity index is 781. The van der Waals surface area contributed by atoms with E-state index in [1.165, 1.54) is 11.8 Å². The number of oxazole rings is 1. The van der Waals surface area contributed by atoms with Gasteiger partial charge in [-0.25, -0.2) is 4.98 Å². The van der Waals surface area contributed by atoms with Crippen LogP contribution >= 0.6 is 0 Å². The van der Waals surface area contributed by atoms with Gasteiger partial charge in [0.2, 0.25) is 5.89 Å². The molecule has 2 heterocycles. The number of β-amino-alcohol motifs (C(OH)–C–C–N with tert-alkyl or cyclic N) is 1. The molecule has 0 unspecified atom stereocenters. The quantitative estimate of drug-likeness (QED) is 0.593. The van der Waals surface area contributed by atoms with Gasteiger partial charge in [-0.3, -0.25) is 14.6 Å². The molecule has 0 bridgehead atoms. The van der Waals surface area contributed by atoms with Crippen molar-refractivity contribution in [2.45, 2.75) is 45.8 Å². The minimum Gasteiger partial charge on any atom is -0.447 e. The molecule has 7 heteroatoms. The fraction of sp³-hybridized carbons (Fsp3) is 0.583. The van der Waals surface area contributed by atoms with Crippen LogP contribution in [0.25, 0.3) is 0 Å². The molecule has 2 aromatic rings. The zero-order valence-electron chi connectivity index (χ0n) is 18.9. The predicted molar refractivity (Wildman–Crippen MR) is 121 cm³/mol. The van der Waals surface area contributed by atoms with E-state index in [9.17, 15) is 9.90 Å². The normalized spacial score (nSPS) is 16.4. The van der Waals surface area contributed by atoms with E-state index in [2.05, 4.69) is 40.8 Å². The van der Waals surface area contributed by atoms with E-state index in [0.717, 1.165) is 52.1 Å². The summed E-state index contributed by atoms with van der Waals surface area (Å²) in [6.07, 6.45) is 3.68. The Kier molecular flexibility index (Phi) is 9.06. The second-order valence-electron chi connectivity index (χ2n) is 8.34. The Labute approximate surface area is 185 Å². The largest absolute Gasteiger partial charge is 0.447 e. The van der Waals surface area contributed by atoms with E-state index in [0.29, 0.717) is 31.1 Å². The van der Waals surface area contributed by atoms with Gasteiger partial charge in [0.25, 0.3) is 5.91 Å². The van der Waals surface area contributed by atoms with Crippen molar-refractivity contribution in [3.63, 3.8) is 0 Å². The van der Waals surface area contributed by atoms with E-state index >= 15 is 0 Å². The van der Waals surface area contributed by atoms with E-state index in [1.54, 1.807) is 0 Å². The molecule has 1 N–H and O–H groups in total. The molecule has 0 spiro atoms. The Morgan fingerprint density at radius 1 is 1.10 bits per heavy atom. The lowest BCUT2D eigenvalue weighted by Gasteiger charge is -2.35. The maximum Gasteiger partial charge on any atom is 0.275 e. The van der Waals surface area contributed by atoms with Gasteiger partial charge in [0.05, 0.1) is 12.6 Å². The van der Waals surface area contributed by atoms with Gasteiger partial charge in [0.1, 0.15) is 6.26 Å². The molecular weight excluding hydrogens is 392 g/mol. The molecule has 1 aromatic carbocycles. The number of carbonyl (C=O) groups excluding carboxylic acids is 1. The van der Waals surface area contributed by atoms with Crippen LogP contribution in [0.2, 0.25) is 0 Å². The summed E-state index contributed by atoms with van der Waals surface area (Å²) in [4.78, 5) is 23.6. The summed E-state index contributed by atoms with van der Waals surface area (Å²) >= 11 is 0. The van der Waals surface area contributed by atoms with Crippen molar-refractivity contribution in [1.82, 2.24) is 19.7 Å². The van der Waals surface area contributed by atoms with Crippen LogP contribution in [0.4, 0.5) is 0 Å². The minimum absolute atomic E-state index is 0.0454. The molecule has 1 atom stereocenters. The van der Waals surface area contributed by atoms with Gasteiger partial charge >= 0.3 is 0 Å². The number of aliphatic hydroxyl groups excluding tert-OH is 1. The van der Waals surface area contributed by atoms with Crippen LogP contribution in [0.3, 0.4) is 0 Å². The number of carbonyl (C=O) groups is 1. The van der Waals surface area contributed by atoms with E-state index in [1.807, 2.05) is 23.1 Å². The number of hydrogen-bond donors (Lipinski definition) is 1. The van der Waals surface area contributed by atoms with Gasteiger partial charge in [-0.1, -0.05) is 44.2 Å². The van der Waals surface area contributed by atoms with Crippen molar-refractivity contribution in [3.05, 3.63) is 53.7 Å². The van der Waals surface area contributed by atoms with Crippen LogP contribution in [0.15, 0.2) is 41.0 Å². The summed E-state index contributed by atoms with van der Waals surface area (Å²) in [6, 6.07) is 10.1. The summed E-state index contributed by atoms with van der Waals surface area (Å²) < 4.78 is 5.60. The van der Waals surface area contributed by atoms with Crippen molar-refractivity contribution < 1.29 is 14.3 Å². The molecule has 1 aliphatic heterocycles. The fourth-order valence-corrected chi connectivity index (χ4v) is 4.07. The topological polar surface area (TPSA) is 73.1 Å². The first-order chi connectivity index (χ1) is 15.1. The van der Waals surface area contributed by atoms with E-state index in [-0.39, 0.29) is 12.0 Å². The Morgan fingerprint density at radius 2 is 1.74 bits per heavy atom. The Morgan fingerprint density at radius 3 is 2.39 bits per heavy atom. The van der Waals surface area contributed by atoms with Gasteiger partial charge in [0, 0.05) is 45.8 Å². The highest BCUT2D eigenvalue weighted by Crippen LogP contribution is 2.12. The summed E-state index contributed by atoms with van der Waals surface area (Å²) in [7, 11) is 0. The molecule has 1 amide bonds. The molecule has 7 nitrogen and oxygen atoms in total. The fourth-order valence-electron chi connectivity index (χ4n) is 4.07. The average molecular weight is 429 g/mol. The van der Waals surface area contributed by atoms with Crippen LogP contribution in [-0.4, -0.2) is 82.6 Å². The summed E-state index contributed by atoms with van der Waals surface area (Å²) in [5, 5.41) is 10.4. The van der Waals surface area contributed by atoms with Gasteiger partial charge < -0.3 is 14.4 Å². The molecule has 170 valence electrons. The first kappa shape index (κ1) is 23.4. The van der Waals surface area contributed by atoms with Crippen LogP contribution in [0.5, 0.6) is 0 Å². The summed E-state index contributed by atoms with van der Waals surface area (Å²) in [6.45, 7) is 10.5. The maximum atomic E-state index is 12.7. The third-order valence-corrected chi connectivity index (χ3v) is 5.65. The second-order valence-corrected chi connectivity index (χ2v) is 8.34. The molecule has 1 aromatic heterocycles. The standard InChI is InChI=1S/C24H36N4O3/c1-3-10-28(11-4-2)24(30)22-19-31-23(25-22)18-27-14-12-26(13-15-27)17-21(29)16-20-8-6-5-7-9-20/h5-9,19,21,29H,3-4,10-18H2,1-2H3/t21-/m1/s1. The first-order valence-corrected chi connectivity index (χ1v) is 11.5. The van der Waals surface area contributed by atoms with E-state index < -0.39 is 0 Å². The summed E-state index contributed by atoms with van der Waals surface area (Å²) in [5.41, 5.74) is 1.57.